The molecule has 0 saturated carbocycles. The second-order valence-electron chi connectivity index (χ2n) is 4.39. The van der Waals surface area contributed by atoms with Gasteiger partial charge in [0, 0.05) is 0 Å². The van der Waals surface area contributed by atoms with E-state index >= 15 is 0 Å². The molecule has 0 aromatic carbocycles. The minimum absolute atomic E-state index is 0.00618. The van der Waals surface area contributed by atoms with Crippen LogP contribution in [0, 0.1) is 0 Å². The number of alkyl halides is 3. The van der Waals surface area contributed by atoms with E-state index in [0.717, 1.165) is 0 Å². The Hall–Kier alpha value is -0.820. The first-order chi connectivity index (χ1) is 7.10. The van der Waals surface area contributed by atoms with E-state index in [0.29, 0.717) is 6.42 Å². The van der Waals surface area contributed by atoms with Gasteiger partial charge in [0.15, 0.2) is 0 Å². The topological polar surface area (TPSA) is 53.9 Å². The van der Waals surface area contributed by atoms with Gasteiger partial charge in [0.25, 0.3) is 5.79 Å². The van der Waals surface area contributed by atoms with Gasteiger partial charge in [-0.2, -0.15) is 13.2 Å². The van der Waals surface area contributed by atoms with Gasteiger partial charge in [-0.1, -0.05) is 6.92 Å². The van der Waals surface area contributed by atoms with Crippen LogP contribution < -0.4 is 5.48 Å². The van der Waals surface area contributed by atoms with Gasteiger partial charge in [-0.3, -0.25) is 4.99 Å². The molecule has 2 N–H and O–H groups in total. The van der Waals surface area contributed by atoms with Crippen molar-refractivity contribution in [2.24, 2.45) is 4.99 Å². The molecule has 1 heterocycles. The molecule has 0 aromatic heterocycles. The third-order valence-electron chi connectivity index (χ3n) is 2.49. The van der Waals surface area contributed by atoms with Crippen molar-refractivity contribution in [2.75, 3.05) is 0 Å². The molecule has 0 spiro atoms. The monoisotopic (exact) mass is 240 g/mol. The maximum Gasteiger partial charge on any atom is 0.445 e. The quantitative estimate of drug-likeness (QED) is 0.773. The molecule has 1 saturated heterocycles. The Morgan fingerprint density at radius 3 is 2.44 bits per heavy atom. The van der Waals surface area contributed by atoms with Gasteiger partial charge in [-0.25, -0.2) is 10.3 Å². The zero-order valence-corrected chi connectivity index (χ0v) is 9.35. The number of halogens is 3. The van der Waals surface area contributed by atoms with E-state index in [2.05, 4.69) is 9.83 Å². The maximum atomic E-state index is 12.4. The van der Waals surface area contributed by atoms with Crippen molar-refractivity contribution >= 4 is 5.84 Å². The van der Waals surface area contributed by atoms with Gasteiger partial charge >= 0.3 is 6.18 Å². The molecule has 1 aliphatic rings. The Bertz CT molecular complexity index is 302. The van der Waals surface area contributed by atoms with Crippen molar-refractivity contribution in [3.8, 4) is 0 Å². The van der Waals surface area contributed by atoms with Crippen LogP contribution in [-0.4, -0.2) is 28.4 Å². The van der Waals surface area contributed by atoms with Crippen molar-refractivity contribution in [3.63, 3.8) is 0 Å². The van der Waals surface area contributed by atoms with Gasteiger partial charge in [0.1, 0.15) is 5.84 Å². The summed E-state index contributed by atoms with van der Waals surface area (Å²) in [6, 6.07) is 0. The summed E-state index contributed by atoms with van der Waals surface area (Å²) < 4.78 is 37.1. The fourth-order valence-electron chi connectivity index (χ4n) is 1.11. The summed E-state index contributed by atoms with van der Waals surface area (Å²) in [5.41, 5.74) is 1.54. The van der Waals surface area contributed by atoms with E-state index in [-0.39, 0.29) is 5.84 Å². The summed E-state index contributed by atoms with van der Waals surface area (Å²) in [7, 11) is 0. The van der Waals surface area contributed by atoms with Gasteiger partial charge in [-0.15, -0.1) is 0 Å². The highest BCUT2D eigenvalue weighted by Gasteiger charge is 2.60. The molecule has 0 bridgehead atoms. The second kappa shape index (κ2) is 3.89. The van der Waals surface area contributed by atoms with E-state index in [1.165, 1.54) is 0 Å². The van der Waals surface area contributed by atoms with Crippen LogP contribution in [0.5, 0.6) is 0 Å². The predicted octanol–water partition coefficient (Wildman–Crippen LogP) is 1.75. The Kier molecular flexibility index (Phi) is 3.22. The number of aliphatic hydroxyl groups is 1. The number of hydrogen-bond donors (Lipinski definition) is 2. The highest BCUT2D eigenvalue weighted by Crippen LogP contribution is 2.36. The molecule has 0 amide bonds. The van der Waals surface area contributed by atoms with E-state index < -0.39 is 23.9 Å². The summed E-state index contributed by atoms with van der Waals surface area (Å²) in [5, 5.41) is 9.18. The maximum absolute atomic E-state index is 12.4. The van der Waals surface area contributed by atoms with E-state index in [9.17, 15) is 18.3 Å². The SMILES string of the molecule is CCC(C)(C)N=C1CC(O)(C(F)(F)F)ON1. The van der Waals surface area contributed by atoms with Crippen molar-refractivity contribution in [3.05, 3.63) is 0 Å². The summed E-state index contributed by atoms with van der Waals surface area (Å²) >= 11 is 0. The summed E-state index contributed by atoms with van der Waals surface area (Å²) in [6.45, 7) is 5.44. The smallest absolute Gasteiger partial charge is 0.357 e. The summed E-state index contributed by atoms with van der Waals surface area (Å²) in [5.74, 6) is -3.16. The predicted molar refractivity (Wildman–Crippen MR) is 51.6 cm³/mol. The van der Waals surface area contributed by atoms with Gasteiger partial charge in [0.05, 0.1) is 12.0 Å². The van der Waals surface area contributed by atoms with Gasteiger partial charge in [0.2, 0.25) is 0 Å². The molecule has 16 heavy (non-hydrogen) atoms. The number of amidine groups is 1. The van der Waals surface area contributed by atoms with Crippen LogP contribution in [0.3, 0.4) is 0 Å². The minimum Gasteiger partial charge on any atom is -0.357 e. The second-order valence-corrected chi connectivity index (χ2v) is 4.39. The lowest BCUT2D eigenvalue weighted by atomic mass is 10.0. The molecule has 1 rings (SSSR count). The molecule has 4 nitrogen and oxygen atoms in total. The lowest BCUT2D eigenvalue weighted by molar-refractivity contribution is -0.361. The van der Waals surface area contributed by atoms with E-state index in [1.54, 1.807) is 13.8 Å². The standard InChI is InChI=1S/C9H15F3N2O2/c1-4-7(2,3)13-6-5-8(15,16-14-6)9(10,11)12/h15H,4-5H2,1-3H3,(H,13,14). The normalized spacial score (nSPS) is 29.6. The molecule has 0 aromatic rings. The molecule has 94 valence electrons. The van der Waals surface area contributed by atoms with Crippen molar-refractivity contribution < 1.29 is 23.1 Å². The number of hydrogen-bond acceptors (Lipinski definition) is 3. The highest BCUT2D eigenvalue weighted by atomic mass is 19.4. The van der Waals surface area contributed by atoms with Crippen LogP contribution in [0.4, 0.5) is 13.2 Å². The average Bonchev–Trinajstić information content (AvgIpc) is 2.47. The average molecular weight is 240 g/mol. The van der Waals surface area contributed by atoms with Crippen LogP contribution >= 0.6 is 0 Å². The van der Waals surface area contributed by atoms with Crippen LogP contribution in [0.15, 0.2) is 4.99 Å². The zero-order chi connectivity index (χ0) is 12.6. The molecular formula is C9H15F3N2O2. The van der Waals surface area contributed by atoms with Gasteiger partial charge < -0.3 is 5.11 Å². The largest absolute Gasteiger partial charge is 0.445 e. The number of nitrogens with one attached hydrogen (secondary N) is 1. The lowest BCUT2D eigenvalue weighted by Gasteiger charge is -2.21. The van der Waals surface area contributed by atoms with Crippen molar-refractivity contribution in [2.45, 2.75) is 51.1 Å². The van der Waals surface area contributed by atoms with Crippen LogP contribution in [0.25, 0.3) is 0 Å². The number of nitrogens with zero attached hydrogens (tertiary/aromatic N) is 1. The Morgan fingerprint density at radius 1 is 1.50 bits per heavy atom. The molecular weight excluding hydrogens is 225 g/mol. The van der Waals surface area contributed by atoms with Crippen molar-refractivity contribution in [1.82, 2.24) is 5.48 Å². The fraction of sp³-hybridized carbons (Fsp3) is 0.889. The lowest BCUT2D eigenvalue weighted by Crippen LogP contribution is -2.45. The third kappa shape index (κ3) is 2.65. The Labute approximate surface area is 91.5 Å². The molecule has 7 heteroatoms. The van der Waals surface area contributed by atoms with E-state index in [4.69, 9.17) is 0 Å². The first kappa shape index (κ1) is 13.2. The molecule has 1 atom stereocenters. The van der Waals surface area contributed by atoms with Crippen LogP contribution in [0.2, 0.25) is 0 Å². The third-order valence-corrected chi connectivity index (χ3v) is 2.49. The molecule has 0 radical (unpaired) electrons. The Balaban J connectivity index is 2.81. The number of hydroxylamine groups is 1. The highest BCUT2D eigenvalue weighted by molar-refractivity contribution is 5.84. The fourth-order valence-corrected chi connectivity index (χ4v) is 1.11. The number of aliphatic imine (C=N–C) groups is 1. The van der Waals surface area contributed by atoms with Crippen LogP contribution in [-0.2, 0) is 4.84 Å². The van der Waals surface area contributed by atoms with Crippen molar-refractivity contribution in [1.29, 1.82) is 0 Å². The van der Waals surface area contributed by atoms with E-state index in [1.807, 2.05) is 12.4 Å². The van der Waals surface area contributed by atoms with Crippen LogP contribution in [0.1, 0.15) is 33.6 Å². The first-order valence-corrected chi connectivity index (χ1v) is 4.91. The summed E-state index contributed by atoms with van der Waals surface area (Å²) in [4.78, 5) is 8.21. The molecule has 1 aliphatic heterocycles. The molecule has 1 unspecified atom stereocenters. The first-order valence-electron chi connectivity index (χ1n) is 4.91. The van der Waals surface area contributed by atoms with Gasteiger partial charge in [-0.05, 0) is 20.3 Å². The molecule has 1 fully saturated rings. The minimum atomic E-state index is -4.84. The molecule has 0 aliphatic carbocycles. The summed E-state index contributed by atoms with van der Waals surface area (Å²) in [6.07, 6.45) is -4.88. The number of rotatable bonds is 2. The Morgan fingerprint density at radius 2 is 2.06 bits per heavy atom. The zero-order valence-electron chi connectivity index (χ0n) is 9.35.